The van der Waals surface area contributed by atoms with Crippen LogP contribution in [-0.2, 0) is 4.79 Å². The molecule has 0 radical (unpaired) electrons. The summed E-state index contributed by atoms with van der Waals surface area (Å²) in [6.45, 7) is 2.10. The van der Waals surface area contributed by atoms with E-state index in [2.05, 4.69) is 11.0 Å². The molecule has 0 spiro atoms. The highest BCUT2D eigenvalue weighted by molar-refractivity contribution is 7.10. The van der Waals surface area contributed by atoms with Gasteiger partial charge in [-0.3, -0.25) is 9.69 Å². The maximum atomic E-state index is 10.9. The molecule has 2 atom stereocenters. The molecule has 94 valence electrons. The molecule has 2 heterocycles. The monoisotopic (exact) mass is 254 g/mol. The van der Waals surface area contributed by atoms with Crippen molar-refractivity contribution in [3.05, 3.63) is 22.4 Å². The van der Waals surface area contributed by atoms with Crippen molar-refractivity contribution in [2.24, 2.45) is 5.73 Å². The molecule has 1 saturated heterocycles. The van der Waals surface area contributed by atoms with Crippen molar-refractivity contribution >= 4 is 17.3 Å². The van der Waals surface area contributed by atoms with Crippen LogP contribution in [0.5, 0.6) is 0 Å². The van der Waals surface area contributed by atoms with E-state index in [1.54, 1.807) is 11.3 Å². The Balaban J connectivity index is 2.09. The summed E-state index contributed by atoms with van der Waals surface area (Å²) in [6, 6.07) is 3.48. The van der Waals surface area contributed by atoms with E-state index in [0.29, 0.717) is 6.42 Å². The molecule has 0 aromatic carbocycles. The molecule has 1 aromatic rings. The van der Waals surface area contributed by atoms with Crippen LogP contribution in [0.1, 0.15) is 30.2 Å². The summed E-state index contributed by atoms with van der Waals surface area (Å²) < 4.78 is 0. The predicted molar refractivity (Wildman–Crippen MR) is 68.1 cm³/mol. The number of carbonyl (C=O) groups is 1. The van der Waals surface area contributed by atoms with Crippen LogP contribution in [0.25, 0.3) is 0 Å². The zero-order chi connectivity index (χ0) is 12.3. The van der Waals surface area contributed by atoms with Crippen molar-refractivity contribution in [1.29, 1.82) is 0 Å². The first-order valence-corrected chi connectivity index (χ1v) is 6.82. The van der Waals surface area contributed by atoms with Crippen LogP contribution in [0.15, 0.2) is 17.5 Å². The zero-order valence-electron chi connectivity index (χ0n) is 9.71. The van der Waals surface area contributed by atoms with Gasteiger partial charge in [0.2, 0.25) is 0 Å². The van der Waals surface area contributed by atoms with Crippen LogP contribution in [0.4, 0.5) is 0 Å². The summed E-state index contributed by atoms with van der Waals surface area (Å²) >= 11 is 1.68. The number of carboxylic acid groups (broad SMARTS) is 1. The van der Waals surface area contributed by atoms with Gasteiger partial charge >= 0.3 is 5.97 Å². The average Bonchev–Trinajstić information content (AvgIpc) is 2.98. The lowest BCUT2D eigenvalue weighted by molar-refractivity contribution is -0.139. The second kappa shape index (κ2) is 5.62. The highest BCUT2D eigenvalue weighted by Crippen LogP contribution is 2.31. The standard InChI is InChI=1S/C12H18N2O2S/c13-9(12(15)16)8-10(11-4-3-7-17-11)14-5-1-2-6-14/h3-4,7,9-10H,1-2,5-6,8,13H2,(H,15,16). The predicted octanol–water partition coefficient (Wildman–Crippen LogP) is 1.69. The van der Waals surface area contributed by atoms with Gasteiger partial charge in [0.25, 0.3) is 0 Å². The molecule has 4 nitrogen and oxygen atoms in total. The quantitative estimate of drug-likeness (QED) is 0.839. The Hall–Kier alpha value is -0.910. The SMILES string of the molecule is NC(CC(c1cccs1)N1CCCC1)C(=O)O. The first kappa shape index (κ1) is 12.5. The summed E-state index contributed by atoms with van der Waals surface area (Å²) in [5, 5.41) is 11.0. The number of nitrogens with two attached hydrogens (primary N) is 1. The Morgan fingerprint density at radius 2 is 2.24 bits per heavy atom. The van der Waals surface area contributed by atoms with Crippen molar-refractivity contribution < 1.29 is 9.90 Å². The van der Waals surface area contributed by atoms with Crippen LogP contribution >= 0.6 is 11.3 Å². The van der Waals surface area contributed by atoms with Gasteiger partial charge in [-0.1, -0.05) is 6.07 Å². The number of carboxylic acids is 1. The number of thiophene rings is 1. The fourth-order valence-electron chi connectivity index (χ4n) is 2.32. The van der Waals surface area contributed by atoms with Gasteiger partial charge in [0.15, 0.2) is 0 Å². The van der Waals surface area contributed by atoms with Crippen molar-refractivity contribution in [2.75, 3.05) is 13.1 Å². The largest absolute Gasteiger partial charge is 0.480 e. The number of aliphatic carboxylic acids is 1. The van der Waals surface area contributed by atoms with Gasteiger partial charge in [-0.05, 0) is 43.8 Å². The second-order valence-electron chi connectivity index (χ2n) is 4.45. The molecule has 5 heteroatoms. The van der Waals surface area contributed by atoms with E-state index in [-0.39, 0.29) is 6.04 Å². The molecule has 1 fully saturated rings. The molecular formula is C12H18N2O2S. The Kier molecular flexibility index (Phi) is 4.15. The summed E-state index contributed by atoms with van der Waals surface area (Å²) in [5.74, 6) is -0.911. The molecule has 0 amide bonds. The van der Waals surface area contributed by atoms with E-state index in [0.717, 1.165) is 13.1 Å². The highest BCUT2D eigenvalue weighted by Gasteiger charge is 2.28. The van der Waals surface area contributed by atoms with Crippen LogP contribution in [0.3, 0.4) is 0 Å². The first-order chi connectivity index (χ1) is 8.18. The van der Waals surface area contributed by atoms with Gasteiger partial charge in [0, 0.05) is 10.9 Å². The van der Waals surface area contributed by atoms with Crippen molar-refractivity contribution in [2.45, 2.75) is 31.3 Å². The van der Waals surface area contributed by atoms with E-state index in [1.165, 1.54) is 17.7 Å². The Bertz CT molecular complexity index is 361. The van der Waals surface area contributed by atoms with Crippen molar-refractivity contribution in [1.82, 2.24) is 4.90 Å². The molecule has 1 aliphatic heterocycles. The molecule has 0 bridgehead atoms. The number of hydrogen-bond donors (Lipinski definition) is 2. The third-order valence-electron chi connectivity index (χ3n) is 3.25. The molecule has 17 heavy (non-hydrogen) atoms. The van der Waals surface area contributed by atoms with E-state index >= 15 is 0 Å². The Morgan fingerprint density at radius 1 is 1.53 bits per heavy atom. The molecule has 2 rings (SSSR count). The molecule has 1 aliphatic rings. The summed E-state index contributed by atoms with van der Waals surface area (Å²) in [7, 11) is 0. The maximum absolute atomic E-state index is 10.9. The fourth-order valence-corrected chi connectivity index (χ4v) is 3.19. The highest BCUT2D eigenvalue weighted by atomic mass is 32.1. The van der Waals surface area contributed by atoms with Crippen LogP contribution in [0, 0.1) is 0 Å². The lowest BCUT2D eigenvalue weighted by Gasteiger charge is -2.27. The van der Waals surface area contributed by atoms with Gasteiger partial charge < -0.3 is 10.8 Å². The minimum atomic E-state index is -0.911. The second-order valence-corrected chi connectivity index (χ2v) is 5.43. The molecule has 2 unspecified atom stereocenters. The molecule has 0 aliphatic carbocycles. The van der Waals surface area contributed by atoms with Gasteiger partial charge in [0.05, 0.1) is 0 Å². The van der Waals surface area contributed by atoms with Crippen LogP contribution in [-0.4, -0.2) is 35.1 Å². The smallest absolute Gasteiger partial charge is 0.320 e. The third-order valence-corrected chi connectivity index (χ3v) is 4.22. The van der Waals surface area contributed by atoms with Crippen LogP contribution < -0.4 is 5.73 Å². The summed E-state index contributed by atoms with van der Waals surface area (Å²) in [6.07, 6.45) is 2.89. The van der Waals surface area contributed by atoms with E-state index in [1.807, 2.05) is 11.4 Å². The number of likely N-dealkylation sites (tertiary alicyclic amines) is 1. The lowest BCUT2D eigenvalue weighted by atomic mass is 10.1. The van der Waals surface area contributed by atoms with Gasteiger partial charge in [0.1, 0.15) is 6.04 Å². The van der Waals surface area contributed by atoms with Gasteiger partial charge in [-0.25, -0.2) is 0 Å². The van der Waals surface area contributed by atoms with Gasteiger partial charge in [-0.15, -0.1) is 11.3 Å². The third kappa shape index (κ3) is 3.06. The molecule has 1 aromatic heterocycles. The Labute approximate surface area is 105 Å². The Morgan fingerprint density at radius 3 is 2.76 bits per heavy atom. The number of rotatable bonds is 5. The van der Waals surface area contributed by atoms with E-state index in [9.17, 15) is 4.79 Å². The molecule has 0 saturated carbocycles. The van der Waals surface area contributed by atoms with Crippen molar-refractivity contribution in [3.63, 3.8) is 0 Å². The summed E-state index contributed by atoms with van der Waals surface area (Å²) in [4.78, 5) is 14.5. The topological polar surface area (TPSA) is 66.6 Å². The lowest BCUT2D eigenvalue weighted by Crippen LogP contribution is -2.36. The minimum Gasteiger partial charge on any atom is -0.480 e. The molecule has 3 N–H and O–H groups in total. The van der Waals surface area contributed by atoms with Gasteiger partial charge in [-0.2, -0.15) is 0 Å². The zero-order valence-corrected chi connectivity index (χ0v) is 10.5. The number of nitrogens with zero attached hydrogens (tertiary/aromatic N) is 1. The normalized spacial score (nSPS) is 20.3. The maximum Gasteiger partial charge on any atom is 0.320 e. The summed E-state index contributed by atoms with van der Waals surface area (Å²) in [5.41, 5.74) is 5.67. The average molecular weight is 254 g/mol. The molecular weight excluding hydrogens is 236 g/mol. The van der Waals surface area contributed by atoms with Crippen LogP contribution in [0.2, 0.25) is 0 Å². The van der Waals surface area contributed by atoms with E-state index in [4.69, 9.17) is 10.8 Å². The van der Waals surface area contributed by atoms with Crippen molar-refractivity contribution in [3.8, 4) is 0 Å². The van der Waals surface area contributed by atoms with E-state index < -0.39 is 12.0 Å². The first-order valence-electron chi connectivity index (χ1n) is 5.94. The number of hydrogen-bond acceptors (Lipinski definition) is 4. The minimum absolute atomic E-state index is 0.170. The fraction of sp³-hybridized carbons (Fsp3) is 0.583.